The van der Waals surface area contributed by atoms with Crippen LogP contribution in [-0.2, 0) is 16.0 Å². The maximum absolute atomic E-state index is 12.9. The number of piperidine rings is 1. The molecular weight excluding hydrogens is 349 g/mol. The van der Waals surface area contributed by atoms with Crippen LogP contribution in [0.3, 0.4) is 0 Å². The SMILES string of the molecule is O=C(c1ccc(NCc2ccc(F)cc2)nc1)N1CCC2(CC1)OCCO2. The second kappa shape index (κ2) is 7.62. The molecule has 2 aliphatic heterocycles. The number of halogens is 1. The second-order valence-corrected chi connectivity index (χ2v) is 6.81. The Labute approximate surface area is 157 Å². The summed E-state index contributed by atoms with van der Waals surface area (Å²) in [6, 6.07) is 9.86. The van der Waals surface area contributed by atoms with Crippen molar-refractivity contribution >= 4 is 11.7 Å². The predicted molar refractivity (Wildman–Crippen MR) is 97.7 cm³/mol. The maximum atomic E-state index is 12.9. The molecule has 27 heavy (non-hydrogen) atoms. The summed E-state index contributed by atoms with van der Waals surface area (Å²) in [7, 11) is 0. The van der Waals surface area contributed by atoms with Crippen LogP contribution in [0.2, 0.25) is 0 Å². The van der Waals surface area contributed by atoms with E-state index < -0.39 is 5.79 Å². The van der Waals surface area contributed by atoms with Crippen LogP contribution in [0.1, 0.15) is 28.8 Å². The lowest BCUT2D eigenvalue weighted by molar-refractivity contribution is -0.181. The average Bonchev–Trinajstić information content (AvgIpc) is 3.16. The molecule has 4 rings (SSSR count). The van der Waals surface area contributed by atoms with Gasteiger partial charge in [0.1, 0.15) is 11.6 Å². The molecule has 2 saturated heterocycles. The van der Waals surface area contributed by atoms with Crippen molar-refractivity contribution < 1.29 is 18.7 Å². The fraction of sp³-hybridized carbons (Fsp3) is 0.400. The van der Waals surface area contributed by atoms with Gasteiger partial charge in [0.15, 0.2) is 5.79 Å². The Morgan fingerprint density at radius 1 is 1.11 bits per heavy atom. The van der Waals surface area contributed by atoms with E-state index in [-0.39, 0.29) is 11.7 Å². The van der Waals surface area contributed by atoms with Gasteiger partial charge in [0.05, 0.1) is 18.8 Å². The molecule has 0 atom stereocenters. The number of carbonyl (C=O) groups is 1. The number of amides is 1. The lowest BCUT2D eigenvalue weighted by Gasteiger charge is -2.37. The summed E-state index contributed by atoms with van der Waals surface area (Å²) in [6.45, 7) is 3.02. The molecule has 1 amide bonds. The number of carbonyl (C=O) groups excluding carboxylic acids is 1. The summed E-state index contributed by atoms with van der Waals surface area (Å²) in [5.41, 5.74) is 1.52. The molecule has 142 valence electrons. The molecule has 7 heteroatoms. The molecule has 1 spiro atoms. The van der Waals surface area contributed by atoms with E-state index in [0.717, 1.165) is 5.56 Å². The van der Waals surface area contributed by atoms with Crippen LogP contribution in [0.5, 0.6) is 0 Å². The van der Waals surface area contributed by atoms with E-state index in [0.29, 0.717) is 57.1 Å². The summed E-state index contributed by atoms with van der Waals surface area (Å²) >= 11 is 0. The Balaban J connectivity index is 1.31. The largest absolute Gasteiger partial charge is 0.366 e. The van der Waals surface area contributed by atoms with Crippen molar-refractivity contribution in [2.45, 2.75) is 25.2 Å². The molecule has 0 bridgehead atoms. The predicted octanol–water partition coefficient (Wildman–Crippen LogP) is 2.81. The van der Waals surface area contributed by atoms with Crippen LogP contribution in [0.25, 0.3) is 0 Å². The second-order valence-electron chi connectivity index (χ2n) is 6.81. The normalized spacial score (nSPS) is 18.6. The maximum Gasteiger partial charge on any atom is 0.255 e. The zero-order valence-electron chi connectivity index (χ0n) is 15.0. The number of nitrogens with one attached hydrogen (secondary N) is 1. The lowest BCUT2D eigenvalue weighted by atomic mass is 10.0. The van der Waals surface area contributed by atoms with Crippen LogP contribution in [-0.4, -0.2) is 47.9 Å². The van der Waals surface area contributed by atoms with E-state index in [1.807, 2.05) is 4.90 Å². The third-order valence-electron chi connectivity index (χ3n) is 5.02. The number of aromatic nitrogens is 1. The van der Waals surface area contributed by atoms with Crippen molar-refractivity contribution in [1.29, 1.82) is 0 Å². The minimum atomic E-state index is -0.483. The number of pyridine rings is 1. The van der Waals surface area contributed by atoms with Gasteiger partial charge in [0.2, 0.25) is 0 Å². The molecule has 0 unspecified atom stereocenters. The van der Waals surface area contributed by atoms with Crippen LogP contribution < -0.4 is 5.32 Å². The first-order valence-electron chi connectivity index (χ1n) is 9.15. The monoisotopic (exact) mass is 371 g/mol. The van der Waals surface area contributed by atoms with Crippen molar-refractivity contribution in [1.82, 2.24) is 9.88 Å². The van der Waals surface area contributed by atoms with Crippen LogP contribution in [0.15, 0.2) is 42.6 Å². The number of rotatable bonds is 4. The van der Waals surface area contributed by atoms with E-state index in [2.05, 4.69) is 10.3 Å². The van der Waals surface area contributed by atoms with Gasteiger partial charge in [-0.05, 0) is 29.8 Å². The number of nitrogens with zero attached hydrogens (tertiary/aromatic N) is 2. The molecule has 1 N–H and O–H groups in total. The molecule has 0 saturated carbocycles. The lowest BCUT2D eigenvalue weighted by Crippen LogP contribution is -2.47. The highest BCUT2D eigenvalue weighted by atomic mass is 19.1. The Hall–Kier alpha value is -2.51. The summed E-state index contributed by atoms with van der Waals surface area (Å²) in [4.78, 5) is 18.8. The van der Waals surface area contributed by atoms with Gasteiger partial charge in [0.25, 0.3) is 5.91 Å². The molecule has 6 nitrogen and oxygen atoms in total. The first-order valence-corrected chi connectivity index (χ1v) is 9.15. The van der Waals surface area contributed by atoms with E-state index in [9.17, 15) is 9.18 Å². The Morgan fingerprint density at radius 3 is 2.44 bits per heavy atom. The highest BCUT2D eigenvalue weighted by molar-refractivity contribution is 5.94. The number of hydrogen-bond donors (Lipinski definition) is 1. The topological polar surface area (TPSA) is 63.7 Å². The number of ether oxygens (including phenoxy) is 2. The number of likely N-dealkylation sites (tertiary alicyclic amines) is 1. The summed E-state index contributed by atoms with van der Waals surface area (Å²) in [5, 5.41) is 3.17. The third kappa shape index (κ3) is 4.09. The fourth-order valence-corrected chi connectivity index (χ4v) is 3.44. The summed E-state index contributed by atoms with van der Waals surface area (Å²) in [6.07, 6.45) is 2.98. The highest BCUT2D eigenvalue weighted by Gasteiger charge is 2.40. The Bertz CT molecular complexity index is 779. The van der Waals surface area contributed by atoms with Crippen molar-refractivity contribution in [3.05, 3.63) is 59.5 Å². The Kier molecular flexibility index (Phi) is 5.05. The van der Waals surface area contributed by atoms with Crippen LogP contribution in [0.4, 0.5) is 10.2 Å². The van der Waals surface area contributed by atoms with Gasteiger partial charge in [-0.2, -0.15) is 0 Å². The van der Waals surface area contributed by atoms with Crippen molar-refractivity contribution in [3.8, 4) is 0 Å². The summed E-state index contributed by atoms with van der Waals surface area (Å²) < 4.78 is 24.3. The summed E-state index contributed by atoms with van der Waals surface area (Å²) in [5.74, 6) is -0.0977. The minimum absolute atomic E-state index is 0.0274. The molecule has 2 aromatic rings. The van der Waals surface area contributed by atoms with Gasteiger partial charge in [-0.3, -0.25) is 4.79 Å². The van der Waals surface area contributed by atoms with Gasteiger partial charge < -0.3 is 19.7 Å². The molecule has 1 aromatic carbocycles. The van der Waals surface area contributed by atoms with Crippen LogP contribution >= 0.6 is 0 Å². The quantitative estimate of drug-likeness (QED) is 0.895. The third-order valence-corrected chi connectivity index (χ3v) is 5.02. The van der Waals surface area contributed by atoms with Gasteiger partial charge in [-0.1, -0.05) is 12.1 Å². The van der Waals surface area contributed by atoms with Crippen LogP contribution in [0, 0.1) is 5.82 Å². The van der Waals surface area contributed by atoms with E-state index in [1.165, 1.54) is 12.1 Å². The smallest absolute Gasteiger partial charge is 0.255 e. The molecule has 3 heterocycles. The van der Waals surface area contributed by atoms with Gasteiger partial charge in [-0.25, -0.2) is 9.37 Å². The Morgan fingerprint density at radius 2 is 1.81 bits per heavy atom. The molecular formula is C20H22FN3O3. The van der Waals surface area contributed by atoms with Crippen molar-refractivity contribution in [2.24, 2.45) is 0 Å². The first-order chi connectivity index (χ1) is 13.1. The van der Waals surface area contributed by atoms with E-state index in [1.54, 1.807) is 30.5 Å². The van der Waals surface area contributed by atoms with Gasteiger partial charge >= 0.3 is 0 Å². The molecule has 0 aliphatic carbocycles. The minimum Gasteiger partial charge on any atom is -0.366 e. The zero-order valence-corrected chi connectivity index (χ0v) is 15.0. The number of benzene rings is 1. The van der Waals surface area contributed by atoms with Gasteiger partial charge in [-0.15, -0.1) is 0 Å². The fourth-order valence-electron chi connectivity index (χ4n) is 3.44. The van der Waals surface area contributed by atoms with E-state index in [4.69, 9.17) is 9.47 Å². The zero-order chi connectivity index (χ0) is 18.7. The molecule has 2 fully saturated rings. The number of anilines is 1. The van der Waals surface area contributed by atoms with Gasteiger partial charge in [0, 0.05) is 38.7 Å². The van der Waals surface area contributed by atoms with Crippen molar-refractivity contribution in [2.75, 3.05) is 31.6 Å². The standard InChI is InChI=1S/C20H22FN3O3/c21-17-4-1-15(2-5-17)13-22-18-6-3-16(14-23-18)19(25)24-9-7-20(8-10-24)26-11-12-27-20/h1-6,14H,7-13H2,(H,22,23). The first kappa shape index (κ1) is 17.9. The molecule has 2 aliphatic rings. The molecule has 0 radical (unpaired) electrons. The van der Waals surface area contributed by atoms with Crippen molar-refractivity contribution in [3.63, 3.8) is 0 Å². The molecule has 1 aromatic heterocycles. The number of hydrogen-bond acceptors (Lipinski definition) is 5. The van der Waals surface area contributed by atoms with E-state index >= 15 is 0 Å². The highest BCUT2D eigenvalue weighted by Crippen LogP contribution is 2.31. The average molecular weight is 371 g/mol.